The van der Waals surface area contributed by atoms with E-state index in [0.29, 0.717) is 11.8 Å². The van der Waals surface area contributed by atoms with Gasteiger partial charge in [-0.2, -0.15) is 0 Å². The lowest BCUT2D eigenvalue weighted by molar-refractivity contribution is -0.0996. The summed E-state index contributed by atoms with van der Waals surface area (Å²) in [6, 6.07) is 0. The van der Waals surface area contributed by atoms with Crippen LogP contribution in [0, 0.1) is 11.8 Å². The summed E-state index contributed by atoms with van der Waals surface area (Å²) >= 11 is 0. The summed E-state index contributed by atoms with van der Waals surface area (Å²) in [4.78, 5) is 0. The zero-order valence-electron chi connectivity index (χ0n) is 10.6. The van der Waals surface area contributed by atoms with E-state index in [9.17, 15) is 5.11 Å². The Morgan fingerprint density at radius 1 is 1.12 bits per heavy atom. The summed E-state index contributed by atoms with van der Waals surface area (Å²) in [5.41, 5.74) is 5.51. The van der Waals surface area contributed by atoms with Crippen molar-refractivity contribution < 1.29 is 5.11 Å². The highest BCUT2D eigenvalue weighted by Crippen LogP contribution is 2.44. The van der Waals surface area contributed by atoms with Crippen LogP contribution in [0.4, 0.5) is 0 Å². The van der Waals surface area contributed by atoms with Gasteiger partial charge in [0.2, 0.25) is 0 Å². The van der Waals surface area contributed by atoms with E-state index in [1.165, 1.54) is 6.42 Å². The highest BCUT2D eigenvalue weighted by molar-refractivity contribution is 5.08. The van der Waals surface area contributed by atoms with Crippen LogP contribution in [0.1, 0.15) is 46.0 Å². The number of hydrogen-bond donors (Lipinski definition) is 3. The van der Waals surface area contributed by atoms with E-state index in [0.717, 1.165) is 38.8 Å². The van der Waals surface area contributed by atoms with E-state index in [-0.39, 0.29) is 5.54 Å². The second kappa shape index (κ2) is 4.28. The molecule has 2 rings (SSSR count). The second-order valence-electron chi connectivity index (χ2n) is 6.29. The van der Waals surface area contributed by atoms with Crippen LogP contribution in [0.15, 0.2) is 0 Å². The largest absolute Gasteiger partial charge is 0.388 e. The number of hydrogen-bond acceptors (Lipinski definition) is 3. The Kier molecular flexibility index (Phi) is 3.30. The van der Waals surface area contributed by atoms with Crippen molar-refractivity contribution in [2.45, 2.75) is 57.1 Å². The SMILES string of the molecule is CC1CC(C)CC(O)(C2(N)CCNCC2)C1. The topological polar surface area (TPSA) is 58.3 Å². The molecule has 1 saturated carbocycles. The fourth-order valence-corrected chi connectivity index (χ4v) is 3.83. The summed E-state index contributed by atoms with van der Waals surface area (Å²) in [5, 5.41) is 14.3. The first-order valence-electron chi connectivity index (χ1n) is 6.67. The summed E-state index contributed by atoms with van der Waals surface area (Å²) in [6.45, 7) is 6.37. The molecule has 0 spiro atoms. The maximum absolute atomic E-state index is 10.9. The van der Waals surface area contributed by atoms with Gasteiger partial charge in [0.15, 0.2) is 0 Å². The molecule has 0 bridgehead atoms. The van der Waals surface area contributed by atoms with Gasteiger partial charge < -0.3 is 16.2 Å². The Morgan fingerprint density at radius 3 is 2.12 bits per heavy atom. The number of aliphatic hydroxyl groups is 1. The summed E-state index contributed by atoms with van der Waals surface area (Å²) in [6.07, 6.45) is 4.81. The second-order valence-corrected chi connectivity index (χ2v) is 6.29. The molecule has 0 aromatic rings. The van der Waals surface area contributed by atoms with Gasteiger partial charge in [-0.25, -0.2) is 0 Å². The lowest BCUT2D eigenvalue weighted by atomic mass is 9.62. The third-order valence-corrected chi connectivity index (χ3v) is 4.60. The predicted octanol–water partition coefficient (Wildman–Crippen LogP) is 1.25. The summed E-state index contributed by atoms with van der Waals surface area (Å²) in [5.74, 6) is 1.20. The van der Waals surface area contributed by atoms with Gasteiger partial charge in [-0.05, 0) is 57.0 Å². The average molecular weight is 226 g/mol. The van der Waals surface area contributed by atoms with E-state index in [1.807, 2.05) is 0 Å². The quantitative estimate of drug-likeness (QED) is 0.631. The molecule has 0 radical (unpaired) electrons. The molecule has 2 unspecified atom stereocenters. The molecule has 4 N–H and O–H groups in total. The molecule has 0 amide bonds. The van der Waals surface area contributed by atoms with Crippen molar-refractivity contribution in [2.75, 3.05) is 13.1 Å². The molecule has 3 nitrogen and oxygen atoms in total. The smallest absolute Gasteiger partial charge is 0.0832 e. The molecule has 1 aliphatic carbocycles. The molecule has 0 aromatic carbocycles. The maximum atomic E-state index is 10.9. The van der Waals surface area contributed by atoms with E-state index in [2.05, 4.69) is 19.2 Å². The normalized spacial score (nSPS) is 44.2. The number of piperidine rings is 1. The average Bonchev–Trinajstić information content (AvgIpc) is 2.16. The molecule has 2 atom stereocenters. The van der Waals surface area contributed by atoms with E-state index in [4.69, 9.17) is 5.73 Å². The van der Waals surface area contributed by atoms with Crippen molar-refractivity contribution in [3.8, 4) is 0 Å². The first-order chi connectivity index (χ1) is 7.45. The Labute approximate surface area is 98.8 Å². The lowest BCUT2D eigenvalue weighted by Crippen LogP contribution is -2.66. The van der Waals surface area contributed by atoms with Crippen LogP contribution in [0.3, 0.4) is 0 Å². The molecule has 0 aromatic heterocycles. The van der Waals surface area contributed by atoms with Crippen molar-refractivity contribution in [2.24, 2.45) is 17.6 Å². The van der Waals surface area contributed by atoms with Gasteiger partial charge in [-0.3, -0.25) is 0 Å². The minimum Gasteiger partial charge on any atom is -0.388 e. The molecule has 1 aliphatic heterocycles. The summed E-state index contributed by atoms with van der Waals surface area (Å²) < 4.78 is 0. The number of rotatable bonds is 1. The van der Waals surface area contributed by atoms with Crippen molar-refractivity contribution in [3.63, 3.8) is 0 Å². The van der Waals surface area contributed by atoms with Crippen LogP contribution >= 0.6 is 0 Å². The van der Waals surface area contributed by atoms with Gasteiger partial charge in [0, 0.05) is 5.54 Å². The molecule has 3 heteroatoms. The van der Waals surface area contributed by atoms with E-state index >= 15 is 0 Å². The molecule has 1 heterocycles. The highest BCUT2D eigenvalue weighted by atomic mass is 16.3. The van der Waals surface area contributed by atoms with Gasteiger partial charge in [0.25, 0.3) is 0 Å². The van der Waals surface area contributed by atoms with Crippen LogP contribution in [0.5, 0.6) is 0 Å². The minimum atomic E-state index is -0.633. The Hall–Kier alpha value is -0.120. The molecule has 2 aliphatic rings. The lowest BCUT2D eigenvalue weighted by Gasteiger charge is -2.52. The van der Waals surface area contributed by atoms with Crippen molar-refractivity contribution >= 4 is 0 Å². The standard InChI is InChI=1S/C13H26N2O/c1-10-7-11(2)9-13(16,8-10)12(14)3-5-15-6-4-12/h10-11,15-16H,3-9,14H2,1-2H3. The van der Waals surface area contributed by atoms with Crippen LogP contribution in [-0.4, -0.2) is 29.3 Å². The highest BCUT2D eigenvalue weighted by Gasteiger charge is 2.50. The van der Waals surface area contributed by atoms with Crippen molar-refractivity contribution in [1.82, 2.24) is 5.32 Å². The van der Waals surface area contributed by atoms with Crippen molar-refractivity contribution in [1.29, 1.82) is 0 Å². The molecule has 16 heavy (non-hydrogen) atoms. The van der Waals surface area contributed by atoms with Gasteiger partial charge in [-0.15, -0.1) is 0 Å². The molecular weight excluding hydrogens is 200 g/mol. The van der Waals surface area contributed by atoms with E-state index in [1.54, 1.807) is 0 Å². The molecule has 1 saturated heterocycles. The Balaban J connectivity index is 2.15. The zero-order valence-corrected chi connectivity index (χ0v) is 10.6. The fraction of sp³-hybridized carbons (Fsp3) is 1.00. The summed E-state index contributed by atoms with van der Waals surface area (Å²) in [7, 11) is 0. The van der Waals surface area contributed by atoms with Crippen molar-refractivity contribution in [3.05, 3.63) is 0 Å². The number of nitrogens with one attached hydrogen (secondary N) is 1. The zero-order chi connectivity index (χ0) is 11.8. The van der Waals surface area contributed by atoms with Gasteiger partial charge in [-0.1, -0.05) is 13.8 Å². The maximum Gasteiger partial charge on any atom is 0.0832 e. The minimum absolute atomic E-state index is 0.360. The molecule has 94 valence electrons. The third-order valence-electron chi connectivity index (χ3n) is 4.60. The fourth-order valence-electron chi connectivity index (χ4n) is 3.83. The first kappa shape index (κ1) is 12.3. The monoisotopic (exact) mass is 226 g/mol. The first-order valence-corrected chi connectivity index (χ1v) is 6.67. The predicted molar refractivity (Wildman–Crippen MR) is 66.2 cm³/mol. The van der Waals surface area contributed by atoms with Gasteiger partial charge >= 0.3 is 0 Å². The van der Waals surface area contributed by atoms with Gasteiger partial charge in [0.05, 0.1) is 5.60 Å². The van der Waals surface area contributed by atoms with Crippen LogP contribution in [-0.2, 0) is 0 Å². The Morgan fingerprint density at radius 2 is 1.62 bits per heavy atom. The number of nitrogens with two attached hydrogens (primary N) is 1. The third kappa shape index (κ3) is 2.13. The molecule has 2 fully saturated rings. The van der Waals surface area contributed by atoms with Gasteiger partial charge in [0.1, 0.15) is 0 Å². The van der Waals surface area contributed by atoms with Crippen LogP contribution in [0.25, 0.3) is 0 Å². The molecular formula is C13H26N2O. The van der Waals surface area contributed by atoms with Crippen LogP contribution < -0.4 is 11.1 Å². The Bertz CT molecular complexity index is 238. The van der Waals surface area contributed by atoms with Crippen LogP contribution in [0.2, 0.25) is 0 Å². The van der Waals surface area contributed by atoms with E-state index < -0.39 is 5.60 Å².